The number of nitrogens with zero attached hydrogens (tertiary/aromatic N) is 1. The first-order chi connectivity index (χ1) is 3.83. The van der Waals surface area contributed by atoms with E-state index in [0.29, 0.717) is 5.89 Å². The number of aromatic nitrogens is 1. The fraction of sp³-hybridized carbons (Fsp3) is 0.333. The average Bonchev–Trinajstić information content (AvgIpc) is 2.14. The molecule has 0 unspecified atom stereocenters. The molecule has 5 heteroatoms. The van der Waals surface area contributed by atoms with Gasteiger partial charge in [-0.25, -0.2) is 4.79 Å². The predicted octanol–water partition coefficient (Wildman–Crippen LogP) is 0.835. The summed E-state index contributed by atoms with van der Waals surface area (Å²) >= 11 is 6.02. The van der Waals surface area contributed by atoms with Crippen molar-refractivity contribution in [1.82, 2.24) is 4.37 Å². The Morgan fingerprint density at radius 2 is 2.62 bits per heavy atom. The maximum atomic E-state index is 10.2. The number of rotatable bonds is 1. The van der Waals surface area contributed by atoms with Gasteiger partial charge in [-0.15, -0.1) is 11.6 Å². The van der Waals surface area contributed by atoms with Crippen molar-refractivity contribution in [1.29, 1.82) is 0 Å². The Morgan fingerprint density at radius 1 is 1.88 bits per heavy atom. The predicted molar refractivity (Wildman–Crippen MR) is 30.2 cm³/mol. The van der Waals surface area contributed by atoms with Gasteiger partial charge in [0.15, 0.2) is 0 Å². The van der Waals surface area contributed by atoms with Crippen LogP contribution in [0.25, 0.3) is 0 Å². The van der Waals surface area contributed by atoms with Gasteiger partial charge in [-0.3, -0.25) is 0 Å². The Morgan fingerprint density at radius 3 is 2.88 bits per heavy atom. The molecule has 1 aromatic heterocycles. The van der Waals surface area contributed by atoms with E-state index in [1.165, 1.54) is 0 Å². The minimum Gasteiger partial charge on any atom is -0.397 e. The van der Waals surface area contributed by atoms with Crippen molar-refractivity contribution in [2.75, 3.05) is 0 Å². The zero-order chi connectivity index (χ0) is 5.98. The molecule has 8 heavy (non-hydrogen) atoms. The fourth-order valence-corrected chi connectivity index (χ4v) is 0.870. The lowest BCUT2D eigenvalue weighted by Gasteiger charge is -1.73. The second-order valence-electron chi connectivity index (χ2n) is 1.06. The molecule has 0 N–H and O–H groups in total. The standard InChI is InChI=1S/C3H2ClNO2S/c4-1-2-5-8-3(6)7-2/h1H2. The van der Waals surface area contributed by atoms with Gasteiger partial charge in [-0.1, -0.05) is 0 Å². The van der Waals surface area contributed by atoms with Gasteiger partial charge in [-0.05, 0) is 0 Å². The molecule has 0 saturated carbocycles. The van der Waals surface area contributed by atoms with E-state index in [-0.39, 0.29) is 5.88 Å². The fourth-order valence-electron chi connectivity index (χ4n) is 0.273. The highest BCUT2D eigenvalue weighted by Crippen LogP contribution is 1.96. The molecule has 44 valence electrons. The van der Waals surface area contributed by atoms with Crippen LogP contribution in [-0.2, 0) is 5.88 Å². The van der Waals surface area contributed by atoms with Crippen LogP contribution in [0.1, 0.15) is 5.89 Å². The third-order valence-electron chi connectivity index (χ3n) is 0.537. The molecule has 0 aliphatic carbocycles. The molecule has 1 rings (SSSR count). The second-order valence-corrected chi connectivity index (χ2v) is 2.03. The van der Waals surface area contributed by atoms with Crippen molar-refractivity contribution in [2.24, 2.45) is 0 Å². The van der Waals surface area contributed by atoms with Crippen molar-refractivity contribution in [3.8, 4) is 0 Å². The Kier molecular flexibility index (Phi) is 1.65. The quantitative estimate of drug-likeness (QED) is 0.559. The van der Waals surface area contributed by atoms with E-state index in [2.05, 4.69) is 8.79 Å². The van der Waals surface area contributed by atoms with Gasteiger partial charge in [0.05, 0.1) is 0 Å². The summed E-state index contributed by atoms with van der Waals surface area (Å²) in [7, 11) is 0. The summed E-state index contributed by atoms with van der Waals surface area (Å²) in [5, 5.41) is 0. The van der Waals surface area contributed by atoms with Gasteiger partial charge in [0.1, 0.15) is 5.88 Å². The lowest BCUT2D eigenvalue weighted by Crippen LogP contribution is -1.81. The molecular weight excluding hydrogens is 150 g/mol. The van der Waals surface area contributed by atoms with E-state index in [0.717, 1.165) is 11.5 Å². The largest absolute Gasteiger partial charge is 0.414 e. The minimum atomic E-state index is -0.402. The normalized spacial score (nSPS) is 9.62. The lowest BCUT2D eigenvalue weighted by atomic mass is 10.8. The molecule has 0 atom stereocenters. The van der Waals surface area contributed by atoms with Gasteiger partial charge in [0.2, 0.25) is 5.89 Å². The first-order valence-electron chi connectivity index (χ1n) is 1.84. The summed E-state index contributed by atoms with van der Waals surface area (Å²) in [6.45, 7) is 0. The van der Waals surface area contributed by atoms with Crippen LogP contribution in [0.15, 0.2) is 9.21 Å². The molecule has 0 aliphatic heterocycles. The van der Waals surface area contributed by atoms with E-state index in [1.807, 2.05) is 0 Å². The molecule has 0 bridgehead atoms. The Hall–Kier alpha value is -0.350. The van der Waals surface area contributed by atoms with E-state index < -0.39 is 4.94 Å². The maximum Gasteiger partial charge on any atom is 0.414 e. The summed E-state index contributed by atoms with van der Waals surface area (Å²) in [6.07, 6.45) is 0. The molecule has 0 spiro atoms. The Balaban J connectivity index is 3.01. The molecule has 0 amide bonds. The number of hydrogen-bond acceptors (Lipinski definition) is 4. The van der Waals surface area contributed by atoms with Crippen LogP contribution in [0.5, 0.6) is 0 Å². The molecule has 1 aromatic rings. The Labute approximate surface area is 54.1 Å². The van der Waals surface area contributed by atoms with Crippen LogP contribution >= 0.6 is 23.1 Å². The third kappa shape index (κ3) is 1.08. The van der Waals surface area contributed by atoms with Crippen LogP contribution < -0.4 is 4.94 Å². The highest BCUT2D eigenvalue weighted by atomic mass is 35.5. The van der Waals surface area contributed by atoms with Crippen LogP contribution in [0.3, 0.4) is 0 Å². The van der Waals surface area contributed by atoms with Crippen molar-refractivity contribution in [3.05, 3.63) is 15.6 Å². The van der Waals surface area contributed by atoms with E-state index in [1.54, 1.807) is 0 Å². The number of hydrogen-bond donors (Lipinski definition) is 0. The van der Waals surface area contributed by atoms with Gasteiger partial charge < -0.3 is 4.42 Å². The van der Waals surface area contributed by atoms with Gasteiger partial charge in [-0.2, -0.15) is 4.37 Å². The summed E-state index contributed by atoms with van der Waals surface area (Å²) in [6, 6.07) is 0. The smallest absolute Gasteiger partial charge is 0.397 e. The molecule has 0 saturated heterocycles. The monoisotopic (exact) mass is 151 g/mol. The van der Waals surface area contributed by atoms with Crippen molar-refractivity contribution in [2.45, 2.75) is 5.88 Å². The molecule has 3 nitrogen and oxygen atoms in total. The highest BCUT2D eigenvalue weighted by Gasteiger charge is 1.96. The summed E-state index contributed by atoms with van der Waals surface area (Å²) in [5.74, 6) is 0.459. The molecule has 0 aliphatic rings. The van der Waals surface area contributed by atoms with Crippen LogP contribution in [0.4, 0.5) is 0 Å². The summed E-state index contributed by atoms with van der Waals surface area (Å²) < 4.78 is 8.02. The molecular formula is C3H2ClNO2S. The first-order valence-corrected chi connectivity index (χ1v) is 3.15. The second kappa shape index (κ2) is 2.28. The molecule has 1 heterocycles. The Bertz CT molecular complexity index is 217. The molecule has 0 aromatic carbocycles. The lowest BCUT2D eigenvalue weighted by molar-refractivity contribution is 0.487. The maximum absolute atomic E-state index is 10.2. The number of halogens is 1. The van der Waals surface area contributed by atoms with Crippen LogP contribution in [-0.4, -0.2) is 4.37 Å². The van der Waals surface area contributed by atoms with Gasteiger partial charge in [0.25, 0.3) is 0 Å². The third-order valence-corrected chi connectivity index (χ3v) is 1.29. The first kappa shape index (κ1) is 5.78. The highest BCUT2D eigenvalue weighted by molar-refractivity contribution is 7.02. The number of alkyl halides is 1. The summed E-state index contributed by atoms with van der Waals surface area (Å²) in [5.41, 5.74) is 0. The van der Waals surface area contributed by atoms with Crippen molar-refractivity contribution >= 4 is 23.1 Å². The topological polar surface area (TPSA) is 43.1 Å². The van der Waals surface area contributed by atoms with E-state index in [9.17, 15) is 4.79 Å². The summed E-state index contributed by atoms with van der Waals surface area (Å²) in [4.78, 5) is 9.78. The van der Waals surface area contributed by atoms with Crippen molar-refractivity contribution < 1.29 is 4.42 Å². The van der Waals surface area contributed by atoms with Crippen molar-refractivity contribution in [3.63, 3.8) is 0 Å². The minimum absolute atomic E-state index is 0.165. The van der Waals surface area contributed by atoms with E-state index in [4.69, 9.17) is 11.6 Å². The van der Waals surface area contributed by atoms with Gasteiger partial charge in [0, 0.05) is 11.5 Å². The van der Waals surface area contributed by atoms with E-state index >= 15 is 0 Å². The van der Waals surface area contributed by atoms with Crippen LogP contribution in [0, 0.1) is 0 Å². The van der Waals surface area contributed by atoms with Crippen LogP contribution in [0.2, 0.25) is 0 Å². The zero-order valence-electron chi connectivity index (χ0n) is 3.76. The molecule has 0 fully saturated rings. The van der Waals surface area contributed by atoms with Gasteiger partial charge >= 0.3 is 4.94 Å². The molecule has 0 radical (unpaired) electrons. The average molecular weight is 152 g/mol. The SMILES string of the molecule is O=c1oc(CCl)ns1. The zero-order valence-corrected chi connectivity index (χ0v) is 5.33.